The Kier molecular flexibility index (Phi) is 4.10. The molecule has 0 unspecified atom stereocenters. The monoisotopic (exact) mass is 321 g/mol. The number of benzene rings is 1. The number of hydrogen-bond donors (Lipinski definition) is 0. The zero-order chi connectivity index (χ0) is 14.0. The van der Waals surface area contributed by atoms with Crippen molar-refractivity contribution in [2.24, 2.45) is 0 Å². The van der Waals surface area contributed by atoms with Crippen molar-refractivity contribution < 1.29 is 9.21 Å². The third-order valence-corrected chi connectivity index (χ3v) is 3.43. The first-order valence-electron chi connectivity index (χ1n) is 6.04. The summed E-state index contributed by atoms with van der Waals surface area (Å²) in [5.74, 6) is 1.84. The molecule has 2 rings (SSSR count). The number of hydrogen-bond acceptors (Lipinski definition) is 3. The van der Waals surface area contributed by atoms with Gasteiger partial charge in [-0.25, -0.2) is 0 Å². The Hall–Kier alpha value is -1.55. The van der Waals surface area contributed by atoms with Crippen molar-refractivity contribution in [1.82, 2.24) is 0 Å². The lowest BCUT2D eigenvalue weighted by molar-refractivity contribution is 0.101. The van der Waals surface area contributed by atoms with E-state index in [1.165, 1.54) is 0 Å². The largest absolute Gasteiger partial charge is 0.464 e. The number of anilines is 1. The summed E-state index contributed by atoms with van der Waals surface area (Å²) in [5, 5.41) is 0. The van der Waals surface area contributed by atoms with Crippen molar-refractivity contribution in [2.75, 3.05) is 11.9 Å². The first-order valence-corrected chi connectivity index (χ1v) is 6.83. The minimum atomic E-state index is 0.0544. The molecule has 19 heavy (non-hydrogen) atoms. The fourth-order valence-corrected chi connectivity index (χ4v) is 2.37. The van der Waals surface area contributed by atoms with Crippen LogP contribution >= 0.6 is 15.9 Å². The fourth-order valence-electron chi connectivity index (χ4n) is 2.01. The quantitative estimate of drug-likeness (QED) is 0.792. The molecule has 0 aliphatic rings. The second-order valence-corrected chi connectivity index (χ2v) is 5.50. The van der Waals surface area contributed by atoms with Gasteiger partial charge in [0.2, 0.25) is 0 Å². The lowest BCUT2D eigenvalue weighted by Crippen LogP contribution is -2.18. The lowest BCUT2D eigenvalue weighted by atomic mass is 10.1. The third-order valence-electron chi connectivity index (χ3n) is 2.94. The smallest absolute Gasteiger partial charge is 0.161 e. The summed E-state index contributed by atoms with van der Waals surface area (Å²) in [7, 11) is 1.95. The number of carbonyl (C=O) groups is 1. The molecule has 0 aliphatic carbocycles. The van der Waals surface area contributed by atoms with Gasteiger partial charge in [0.05, 0.1) is 6.54 Å². The van der Waals surface area contributed by atoms with Gasteiger partial charge >= 0.3 is 0 Å². The summed E-state index contributed by atoms with van der Waals surface area (Å²) in [6.07, 6.45) is 0. The van der Waals surface area contributed by atoms with E-state index >= 15 is 0 Å². The molecular formula is C15H16BrNO2. The van der Waals surface area contributed by atoms with Gasteiger partial charge < -0.3 is 9.32 Å². The van der Waals surface area contributed by atoms with Gasteiger partial charge in [0.25, 0.3) is 0 Å². The SMILES string of the molecule is CC(=O)c1cc(Br)ccc1N(C)Cc1ccc(C)o1. The lowest BCUT2D eigenvalue weighted by Gasteiger charge is -2.20. The van der Waals surface area contributed by atoms with Gasteiger partial charge in [-0.05, 0) is 44.2 Å². The number of Topliss-reactive ketones (excluding diaryl/α,β-unsaturated/α-hetero) is 1. The van der Waals surface area contributed by atoms with Crippen molar-refractivity contribution in [3.63, 3.8) is 0 Å². The maximum atomic E-state index is 11.7. The van der Waals surface area contributed by atoms with Gasteiger partial charge in [0.15, 0.2) is 5.78 Å². The minimum absolute atomic E-state index is 0.0544. The highest BCUT2D eigenvalue weighted by atomic mass is 79.9. The summed E-state index contributed by atoms with van der Waals surface area (Å²) >= 11 is 3.39. The molecule has 1 aromatic carbocycles. The summed E-state index contributed by atoms with van der Waals surface area (Å²) in [6.45, 7) is 4.13. The Morgan fingerprint density at radius 1 is 1.32 bits per heavy atom. The Labute approximate surface area is 121 Å². The van der Waals surface area contributed by atoms with Gasteiger partial charge in [0.1, 0.15) is 11.5 Å². The molecule has 1 aromatic heterocycles. The minimum Gasteiger partial charge on any atom is -0.464 e. The summed E-state index contributed by atoms with van der Waals surface area (Å²) < 4.78 is 6.47. The molecule has 3 nitrogen and oxygen atoms in total. The zero-order valence-electron chi connectivity index (χ0n) is 11.2. The van der Waals surface area contributed by atoms with E-state index in [0.717, 1.165) is 21.7 Å². The molecule has 0 spiro atoms. The van der Waals surface area contributed by atoms with Gasteiger partial charge in [-0.1, -0.05) is 15.9 Å². The van der Waals surface area contributed by atoms with Crippen LogP contribution in [0.2, 0.25) is 0 Å². The maximum absolute atomic E-state index is 11.7. The van der Waals surface area contributed by atoms with E-state index in [2.05, 4.69) is 15.9 Å². The van der Waals surface area contributed by atoms with Crippen LogP contribution in [0, 0.1) is 6.92 Å². The van der Waals surface area contributed by atoms with E-state index in [4.69, 9.17) is 4.42 Å². The molecule has 0 fully saturated rings. The van der Waals surface area contributed by atoms with Crippen molar-refractivity contribution in [2.45, 2.75) is 20.4 Å². The Morgan fingerprint density at radius 3 is 2.63 bits per heavy atom. The Morgan fingerprint density at radius 2 is 2.05 bits per heavy atom. The van der Waals surface area contributed by atoms with Gasteiger partial charge in [0, 0.05) is 22.8 Å². The average Bonchev–Trinajstić information content (AvgIpc) is 2.74. The molecule has 0 bridgehead atoms. The summed E-state index contributed by atoms with van der Waals surface area (Å²) in [5.41, 5.74) is 1.62. The first-order chi connectivity index (χ1) is 8.97. The van der Waals surface area contributed by atoms with Crippen LogP contribution in [0.3, 0.4) is 0 Å². The van der Waals surface area contributed by atoms with Gasteiger partial charge in [-0.3, -0.25) is 4.79 Å². The average molecular weight is 322 g/mol. The van der Waals surface area contributed by atoms with Crippen molar-refractivity contribution in [3.05, 3.63) is 51.9 Å². The number of halogens is 1. The molecule has 1 heterocycles. The van der Waals surface area contributed by atoms with E-state index in [9.17, 15) is 4.79 Å². The molecule has 0 aliphatic heterocycles. The second kappa shape index (κ2) is 5.61. The van der Waals surface area contributed by atoms with Crippen LogP contribution in [0.1, 0.15) is 28.8 Å². The van der Waals surface area contributed by atoms with Crippen molar-refractivity contribution in [1.29, 1.82) is 0 Å². The first kappa shape index (κ1) is 13.9. The molecule has 0 radical (unpaired) electrons. The van der Waals surface area contributed by atoms with E-state index in [0.29, 0.717) is 12.1 Å². The molecule has 4 heteroatoms. The third kappa shape index (κ3) is 3.26. The normalized spacial score (nSPS) is 10.5. The molecule has 0 atom stereocenters. The van der Waals surface area contributed by atoms with Crippen LogP contribution in [0.15, 0.2) is 39.2 Å². The van der Waals surface area contributed by atoms with Crippen LogP contribution < -0.4 is 4.90 Å². The molecule has 100 valence electrons. The number of aryl methyl sites for hydroxylation is 1. The second-order valence-electron chi connectivity index (χ2n) is 4.59. The van der Waals surface area contributed by atoms with E-state index in [1.54, 1.807) is 6.92 Å². The standard InChI is InChI=1S/C15H16BrNO2/c1-10-4-6-13(19-10)9-17(3)15-7-5-12(16)8-14(15)11(2)18/h4-8H,9H2,1-3H3. The molecule has 0 saturated carbocycles. The van der Waals surface area contributed by atoms with Crippen molar-refractivity contribution in [3.8, 4) is 0 Å². The van der Waals surface area contributed by atoms with Crippen LogP contribution in [-0.2, 0) is 6.54 Å². The molecule has 0 amide bonds. The maximum Gasteiger partial charge on any atom is 0.161 e. The zero-order valence-corrected chi connectivity index (χ0v) is 12.8. The number of nitrogens with zero attached hydrogens (tertiary/aromatic N) is 1. The highest BCUT2D eigenvalue weighted by Crippen LogP contribution is 2.25. The Bertz CT molecular complexity index is 604. The number of carbonyl (C=O) groups excluding carboxylic acids is 1. The van der Waals surface area contributed by atoms with Crippen LogP contribution in [0.4, 0.5) is 5.69 Å². The fraction of sp³-hybridized carbons (Fsp3) is 0.267. The summed E-state index contributed by atoms with van der Waals surface area (Å²) in [4.78, 5) is 13.7. The van der Waals surface area contributed by atoms with E-state index < -0.39 is 0 Å². The van der Waals surface area contributed by atoms with Crippen LogP contribution in [0.25, 0.3) is 0 Å². The number of rotatable bonds is 4. The summed E-state index contributed by atoms with van der Waals surface area (Å²) in [6, 6.07) is 9.62. The molecular weight excluding hydrogens is 306 g/mol. The molecule has 0 N–H and O–H groups in total. The molecule has 0 saturated heterocycles. The van der Waals surface area contributed by atoms with E-state index in [1.807, 2.05) is 49.2 Å². The van der Waals surface area contributed by atoms with Crippen molar-refractivity contribution >= 4 is 27.4 Å². The Balaban J connectivity index is 2.28. The van der Waals surface area contributed by atoms with Crippen LogP contribution in [-0.4, -0.2) is 12.8 Å². The predicted molar refractivity (Wildman–Crippen MR) is 79.7 cm³/mol. The van der Waals surface area contributed by atoms with Crippen LogP contribution in [0.5, 0.6) is 0 Å². The highest BCUT2D eigenvalue weighted by Gasteiger charge is 2.13. The van der Waals surface area contributed by atoms with Gasteiger partial charge in [-0.15, -0.1) is 0 Å². The predicted octanol–water partition coefficient (Wildman–Crippen LogP) is 4.19. The number of ketones is 1. The van der Waals surface area contributed by atoms with Gasteiger partial charge in [-0.2, -0.15) is 0 Å². The van der Waals surface area contributed by atoms with E-state index in [-0.39, 0.29) is 5.78 Å². The molecule has 2 aromatic rings. The highest BCUT2D eigenvalue weighted by molar-refractivity contribution is 9.10. The topological polar surface area (TPSA) is 33.5 Å². The number of furan rings is 1.